The van der Waals surface area contributed by atoms with Gasteiger partial charge in [0.05, 0.1) is 25.5 Å². The Morgan fingerprint density at radius 3 is 2.76 bits per heavy atom. The lowest BCUT2D eigenvalue weighted by Crippen LogP contribution is -2.21. The molecule has 0 aromatic carbocycles. The van der Waals surface area contributed by atoms with Crippen molar-refractivity contribution in [1.82, 2.24) is 14.8 Å². The monoisotopic (exact) mass is 288 g/mol. The minimum Gasteiger partial charge on any atom is -0.496 e. The molecule has 0 saturated carbocycles. The Hall–Kier alpha value is -1.88. The zero-order valence-electron chi connectivity index (χ0n) is 13.3. The molecule has 0 amide bonds. The molecule has 1 atom stereocenters. The van der Waals surface area contributed by atoms with Gasteiger partial charge in [0.15, 0.2) is 0 Å². The van der Waals surface area contributed by atoms with Crippen molar-refractivity contribution in [2.24, 2.45) is 5.73 Å². The quantitative estimate of drug-likeness (QED) is 0.885. The summed E-state index contributed by atoms with van der Waals surface area (Å²) in [5, 5.41) is 4.40. The van der Waals surface area contributed by atoms with Crippen LogP contribution in [0.25, 0.3) is 0 Å². The second-order valence-electron chi connectivity index (χ2n) is 5.46. The van der Waals surface area contributed by atoms with Crippen LogP contribution < -0.4 is 10.5 Å². The number of aryl methyl sites for hydroxylation is 1. The molecule has 21 heavy (non-hydrogen) atoms. The molecular formula is C16H24N4O. The summed E-state index contributed by atoms with van der Waals surface area (Å²) in [7, 11) is 1.69. The molecule has 0 aliphatic heterocycles. The normalized spacial score (nSPS) is 12.4. The third-order valence-electron chi connectivity index (χ3n) is 3.77. The topological polar surface area (TPSA) is 66.0 Å². The maximum absolute atomic E-state index is 5.98. The highest BCUT2D eigenvalue weighted by Gasteiger charge is 2.11. The van der Waals surface area contributed by atoms with Gasteiger partial charge in [0.1, 0.15) is 5.75 Å². The number of hydrogen-bond acceptors (Lipinski definition) is 4. The number of rotatable bonds is 6. The highest BCUT2D eigenvalue weighted by atomic mass is 16.5. The van der Waals surface area contributed by atoms with E-state index in [2.05, 4.69) is 17.0 Å². The van der Waals surface area contributed by atoms with Crippen LogP contribution in [0.4, 0.5) is 0 Å². The van der Waals surface area contributed by atoms with Crippen LogP contribution in [0, 0.1) is 13.8 Å². The second-order valence-corrected chi connectivity index (χ2v) is 5.46. The van der Waals surface area contributed by atoms with Gasteiger partial charge in [-0.3, -0.25) is 9.67 Å². The Morgan fingerprint density at radius 1 is 1.33 bits per heavy atom. The van der Waals surface area contributed by atoms with Gasteiger partial charge < -0.3 is 10.5 Å². The van der Waals surface area contributed by atoms with E-state index < -0.39 is 0 Å². The summed E-state index contributed by atoms with van der Waals surface area (Å²) in [5.74, 6) is 0.903. The van der Waals surface area contributed by atoms with Gasteiger partial charge in [-0.15, -0.1) is 0 Å². The van der Waals surface area contributed by atoms with Crippen molar-refractivity contribution < 1.29 is 4.74 Å². The first-order valence-corrected chi connectivity index (χ1v) is 7.31. The molecule has 2 rings (SSSR count). The molecule has 0 bridgehead atoms. The first kappa shape index (κ1) is 15.5. The number of methoxy groups -OCH3 is 1. The molecule has 2 N–H and O–H groups in total. The summed E-state index contributed by atoms with van der Waals surface area (Å²) in [5.41, 5.74) is 10.2. The summed E-state index contributed by atoms with van der Waals surface area (Å²) in [4.78, 5) is 4.50. The predicted octanol–water partition coefficient (Wildman–Crippen LogP) is 2.23. The van der Waals surface area contributed by atoms with Crippen LogP contribution in [-0.4, -0.2) is 27.9 Å². The zero-order chi connectivity index (χ0) is 15.4. The summed E-state index contributed by atoms with van der Waals surface area (Å²) in [6.07, 6.45) is 7.61. The van der Waals surface area contributed by atoms with Gasteiger partial charge in [0, 0.05) is 29.6 Å². The van der Waals surface area contributed by atoms with E-state index in [0.717, 1.165) is 35.4 Å². The Morgan fingerprint density at radius 2 is 2.10 bits per heavy atom. The maximum atomic E-state index is 5.98. The van der Waals surface area contributed by atoms with Crippen LogP contribution in [0.2, 0.25) is 0 Å². The summed E-state index contributed by atoms with van der Waals surface area (Å²) in [6.45, 7) is 6.77. The van der Waals surface area contributed by atoms with E-state index in [4.69, 9.17) is 10.5 Å². The van der Waals surface area contributed by atoms with Gasteiger partial charge in [0.25, 0.3) is 0 Å². The van der Waals surface area contributed by atoms with E-state index in [9.17, 15) is 0 Å². The van der Waals surface area contributed by atoms with Crippen LogP contribution in [0.15, 0.2) is 18.6 Å². The van der Waals surface area contributed by atoms with E-state index >= 15 is 0 Å². The Kier molecular flexibility index (Phi) is 4.96. The van der Waals surface area contributed by atoms with Crippen molar-refractivity contribution in [2.75, 3.05) is 7.11 Å². The van der Waals surface area contributed by atoms with Gasteiger partial charge in [-0.05, 0) is 32.3 Å². The molecule has 5 nitrogen and oxygen atoms in total. The van der Waals surface area contributed by atoms with Crippen molar-refractivity contribution in [2.45, 2.75) is 46.2 Å². The maximum Gasteiger partial charge on any atom is 0.128 e. The van der Waals surface area contributed by atoms with E-state index in [1.54, 1.807) is 7.11 Å². The molecule has 0 aliphatic carbocycles. The molecule has 0 fully saturated rings. The SMILES string of the molecule is CCC(N)Cc1cnn(Cc2ncc(C)c(OC)c2C)c1. The molecule has 2 heterocycles. The van der Waals surface area contributed by atoms with Crippen LogP contribution >= 0.6 is 0 Å². The van der Waals surface area contributed by atoms with Crippen LogP contribution in [-0.2, 0) is 13.0 Å². The Bertz CT molecular complexity index is 606. The molecule has 0 spiro atoms. The van der Waals surface area contributed by atoms with Gasteiger partial charge in [-0.2, -0.15) is 5.10 Å². The highest BCUT2D eigenvalue weighted by molar-refractivity contribution is 5.41. The fraction of sp³-hybridized carbons (Fsp3) is 0.500. The number of pyridine rings is 1. The number of hydrogen-bond donors (Lipinski definition) is 1. The number of aromatic nitrogens is 3. The van der Waals surface area contributed by atoms with E-state index in [0.29, 0.717) is 6.54 Å². The molecule has 1 unspecified atom stereocenters. The standard InChI is InChI=1S/C16H24N4O/c1-5-14(17)6-13-8-19-20(9-13)10-15-12(3)16(21-4)11(2)7-18-15/h7-9,14H,5-6,10,17H2,1-4H3. The molecule has 2 aromatic rings. The third kappa shape index (κ3) is 3.61. The number of nitrogens with zero attached hydrogens (tertiary/aromatic N) is 3. The largest absolute Gasteiger partial charge is 0.496 e. The lowest BCUT2D eigenvalue weighted by Gasteiger charge is -2.12. The summed E-state index contributed by atoms with van der Waals surface area (Å²) < 4.78 is 7.34. The molecule has 0 radical (unpaired) electrons. The highest BCUT2D eigenvalue weighted by Crippen LogP contribution is 2.24. The molecule has 0 saturated heterocycles. The van der Waals surface area contributed by atoms with E-state index in [1.807, 2.05) is 37.1 Å². The summed E-state index contributed by atoms with van der Waals surface area (Å²) in [6, 6.07) is 0.196. The van der Waals surface area contributed by atoms with Crippen LogP contribution in [0.1, 0.15) is 35.7 Å². The Labute approximate surface area is 126 Å². The van der Waals surface area contributed by atoms with Crippen molar-refractivity contribution in [3.63, 3.8) is 0 Å². The van der Waals surface area contributed by atoms with E-state index in [-0.39, 0.29) is 6.04 Å². The predicted molar refractivity (Wildman–Crippen MR) is 83.6 cm³/mol. The molecule has 5 heteroatoms. The zero-order valence-corrected chi connectivity index (χ0v) is 13.3. The van der Waals surface area contributed by atoms with Crippen molar-refractivity contribution in [3.05, 3.63) is 41.0 Å². The fourth-order valence-corrected chi connectivity index (χ4v) is 2.43. The van der Waals surface area contributed by atoms with Gasteiger partial charge in [0.2, 0.25) is 0 Å². The van der Waals surface area contributed by atoms with Gasteiger partial charge in [-0.1, -0.05) is 6.92 Å². The lowest BCUT2D eigenvalue weighted by atomic mass is 10.1. The molecular weight excluding hydrogens is 264 g/mol. The van der Waals surface area contributed by atoms with Crippen LogP contribution in [0.3, 0.4) is 0 Å². The average molecular weight is 288 g/mol. The van der Waals surface area contributed by atoms with Gasteiger partial charge >= 0.3 is 0 Å². The number of ether oxygens (including phenoxy) is 1. The minimum absolute atomic E-state index is 0.196. The first-order chi connectivity index (χ1) is 10.0. The van der Waals surface area contributed by atoms with Crippen molar-refractivity contribution in [1.29, 1.82) is 0 Å². The first-order valence-electron chi connectivity index (χ1n) is 7.31. The minimum atomic E-state index is 0.196. The van der Waals surface area contributed by atoms with Crippen molar-refractivity contribution in [3.8, 4) is 5.75 Å². The number of nitrogens with two attached hydrogens (primary N) is 1. The second kappa shape index (κ2) is 6.72. The summed E-state index contributed by atoms with van der Waals surface area (Å²) >= 11 is 0. The molecule has 0 aliphatic rings. The smallest absolute Gasteiger partial charge is 0.128 e. The molecule has 114 valence electrons. The lowest BCUT2D eigenvalue weighted by molar-refractivity contribution is 0.406. The fourth-order valence-electron chi connectivity index (χ4n) is 2.43. The molecule has 2 aromatic heterocycles. The van der Waals surface area contributed by atoms with Crippen molar-refractivity contribution >= 4 is 0 Å². The van der Waals surface area contributed by atoms with Gasteiger partial charge in [-0.25, -0.2) is 0 Å². The van der Waals surface area contributed by atoms with E-state index in [1.165, 1.54) is 5.56 Å². The Balaban J connectivity index is 2.15. The average Bonchev–Trinajstić information content (AvgIpc) is 2.89. The third-order valence-corrected chi connectivity index (χ3v) is 3.77. The van der Waals surface area contributed by atoms with Crippen LogP contribution in [0.5, 0.6) is 5.75 Å².